The molecule has 4 rings (SSSR count). The van der Waals surface area contributed by atoms with Crippen LogP contribution in [0.3, 0.4) is 0 Å². The van der Waals surface area contributed by atoms with Crippen molar-refractivity contribution < 1.29 is 4.79 Å². The van der Waals surface area contributed by atoms with Crippen LogP contribution in [0, 0.1) is 11.8 Å². The van der Waals surface area contributed by atoms with Crippen LogP contribution in [0.5, 0.6) is 0 Å². The Labute approximate surface area is 233 Å². The molecule has 2 aromatic carbocycles. The van der Waals surface area contributed by atoms with E-state index in [2.05, 4.69) is 111 Å². The van der Waals surface area contributed by atoms with E-state index >= 15 is 0 Å². The minimum Gasteiger partial charge on any atom is -0.316 e. The highest BCUT2D eigenvalue weighted by atomic mass is 16.1. The van der Waals surface area contributed by atoms with E-state index in [0.717, 1.165) is 18.4 Å². The van der Waals surface area contributed by atoms with E-state index < -0.39 is 0 Å². The molecule has 2 aromatic rings. The summed E-state index contributed by atoms with van der Waals surface area (Å²) < 4.78 is 0. The molecule has 38 heavy (non-hydrogen) atoms. The molecule has 2 aliphatic heterocycles. The van der Waals surface area contributed by atoms with Crippen LogP contribution in [0.25, 0.3) is 0 Å². The first-order valence-corrected chi connectivity index (χ1v) is 14.7. The molecule has 0 atom stereocenters. The third-order valence-electron chi connectivity index (χ3n) is 7.87. The Morgan fingerprint density at radius 1 is 0.921 bits per heavy atom. The number of carbonyl (C=O) groups is 1. The number of carbonyl (C=O) groups excluding carboxylic acids is 1. The summed E-state index contributed by atoms with van der Waals surface area (Å²) in [6.07, 6.45) is 14.5. The number of hydrogen-bond acceptors (Lipinski definition) is 3. The molecule has 0 bridgehead atoms. The third kappa shape index (κ3) is 11.9. The van der Waals surface area contributed by atoms with Gasteiger partial charge in [-0.1, -0.05) is 86.7 Å². The van der Waals surface area contributed by atoms with Crippen LogP contribution in [0.4, 0.5) is 0 Å². The number of allylic oxidation sites excluding steroid dienone is 2. The normalized spacial score (nSPS) is 16.9. The van der Waals surface area contributed by atoms with E-state index in [0.29, 0.717) is 5.92 Å². The van der Waals surface area contributed by atoms with Crippen LogP contribution < -0.4 is 5.32 Å². The van der Waals surface area contributed by atoms with Gasteiger partial charge >= 0.3 is 0 Å². The van der Waals surface area contributed by atoms with Crippen LogP contribution in [0.2, 0.25) is 0 Å². The summed E-state index contributed by atoms with van der Waals surface area (Å²) in [7, 11) is 0. The smallest absolute Gasteiger partial charge is 0.106 e. The van der Waals surface area contributed by atoms with Crippen molar-refractivity contribution in [2.45, 2.75) is 72.1 Å². The first-order chi connectivity index (χ1) is 18.6. The van der Waals surface area contributed by atoms with Crippen molar-refractivity contribution in [2.75, 3.05) is 32.7 Å². The van der Waals surface area contributed by atoms with Crippen molar-refractivity contribution in [3.8, 4) is 0 Å². The number of rotatable bonds is 10. The SMILES string of the molecule is C/C=C\C(=C/C)CN1CCC(CCc2ccccc2)CC1.C=O.CC(C)c1cccc(CCC2CNC2)c1. The maximum absolute atomic E-state index is 8.00. The van der Waals surface area contributed by atoms with E-state index in [1.807, 2.05) is 6.79 Å². The lowest BCUT2D eigenvalue weighted by Crippen LogP contribution is -2.42. The van der Waals surface area contributed by atoms with Gasteiger partial charge in [-0.15, -0.1) is 0 Å². The molecule has 2 heterocycles. The number of piperidine rings is 1. The average molecular weight is 517 g/mol. The number of nitrogens with zero attached hydrogens (tertiary/aromatic N) is 1. The van der Waals surface area contributed by atoms with Gasteiger partial charge in [0, 0.05) is 6.54 Å². The molecule has 2 aliphatic rings. The first-order valence-electron chi connectivity index (χ1n) is 14.7. The summed E-state index contributed by atoms with van der Waals surface area (Å²) in [6, 6.07) is 20.0. The summed E-state index contributed by atoms with van der Waals surface area (Å²) in [5.74, 6) is 2.49. The van der Waals surface area contributed by atoms with Gasteiger partial charge in [-0.25, -0.2) is 0 Å². The van der Waals surface area contributed by atoms with Gasteiger partial charge < -0.3 is 10.1 Å². The quantitative estimate of drug-likeness (QED) is 0.330. The van der Waals surface area contributed by atoms with E-state index in [9.17, 15) is 0 Å². The Morgan fingerprint density at radius 2 is 1.55 bits per heavy atom. The number of hydrogen-bond donors (Lipinski definition) is 1. The molecule has 0 saturated carbocycles. The van der Waals surface area contributed by atoms with E-state index in [4.69, 9.17) is 4.79 Å². The Bertz CT molecular complexity index is 937. The molecule has 1 N–H and O–H groups in total. The molecule has 208 valence electrons. The second-order valence-electron chi connectivity index (χ2n) is 11.1. The maximum atomic E-state index is 8.00. The molecule has 0 aromatic heterocycles. The summed E-state index contributed by atoms with van der Waals surface area (Å²) in [4.78, 5) is 10.6. The highest BCUT2D eigenvalue weighted by molar-refractivity contribution is 5.26. The Kier molecular flexibility index (Phi) is 15.6. The summed E-state index contributed by atoms with van der Waals surface area (Å²) >= 11 is 0. The van der Waals surface area contributed by atoms with E-state index in [1.54, 1.807) is 0 Å². The first kappa shape index (κ1) is 31.7. The Hall–Kier alpha value is -2.49. The van der Waals surface area contributed by atoms with Gasteiger partial charge in [-0.3, -0.25) is 4.90 Å². The number of benzene rings is 2. The van der Waals surface area contributed by atoms with Crippen molar-refractivity contribution in [2.24, 2.45) is 11.8 Å². The zero-order valence-corrected chi connectivity index (χ0v) is 24.5. The molecule has 0 amide bonds. The zero-order chi connectivity index (χ0) is 27.6. The largest absolute Gasteiger partial charge is 0.316 e. The highest BCUT2D eigenvalue weighted by Gasteiger charge is 2.19. The minimum absolute atomic E-state index is 0.648. The van der Waals surface area contributed by atoms with E-state index in [1.165, 1.54) is 87.0 Å². The minimum atomic E-state index is 0.648. The number of likely N-dealkylation sites (tertiary alicyclic amines) is 1. The highest BCUT2D eigenvalue weighted by Crippen LogP contribution is 2.23. The standard InChI is InChI=1S/C20H29N.C14H21N.CH2O/c1-3-8-18(4-2)17-21-15-13-20(14-16-21)12-11-19-9-6-5-7-10-19;1-11(2)14-5-3-4-12(8-14)6-7-13-9-15-10-13;1-2/h3-10,20H,11-17H2,1-2H3;3-5,8,11,13,15H,6-7,9-10H2,1-2H3;1H2/b8-3-,18-4+;;. The molecule has 3 heteroatoms. The Balaban J connectivity index is 0.000000262. The molecular formula is C35H52N2O. The van der Waals surface area contributed by atoms with Crippen LogP contribution in [0.1, 0.15) is 76.0 Å². The molecular weight excluding hydrogens is 464 g/mol. The summed E-state index contributed by atoms with van der Waals surface area (Å²) in [5, 5.41) is 3.33. The van der Waals surface area contributed by atoms with Gasteiger partial charge in [0.15, 0.2) is 0 Å². The fourth-order valence-corrected chi connectivity index (χ4v) is 5.19. The maximum Gasteiger partial charge on any atom is 0.106 e. The number of nitrogens with one attached hydrogen (secondary N) is 1. The van der Waals surface area contributed by atoms with Gasteiger partial charge in [-0.05, 0) is 119 Å². The molecule has 0 radical (unpaired) electrons. The predicted molar refractivity (Wildman–Crippen MR) is 165 cm³/mol. The monoisotopic (exact) mass is 516 g/mol. The van der Waals surface area contributed by atoms with Crippen LogP contribution in [-0.4, -0.2) is 44.4 Å². The van der Waals surface area contributed by atoms with Crippen molar-refractivity contribution in [1.29, 1.82) is 0 Å². The molecule has 2 saturated heterocycles. The lowest BCUT2D eigenvalue weighted by atomic mass is 9.90. The van der Waals surface area contributed by atoms with Crippen LogP contribution in [-0.2, 0) is 17.6 Å². The van der Waals surface area contributed by atoms with Gasteiger partial charge in [0.05, 0.1) is 0 Å². The molecule has 0 aliphatic carbocycles. The average Bonchev–Trinajstić information content (AvgIpc) is 2.94. The van der Waals surface area contributed by atoms with Crippen molar-refractivity contribution in [3.05, 3.63) is 95.1 Å². The third-order valence-corrected chi connectivity index (χ3v) is 7.87. The molecule has 0 spiro atoms. The van der Waals surface area contributed by atoms with Gasteiger partial charge in [0.25, 0.3) is 0 Å². The predicted octanol–water partition coefficient (Wildman–Crippen LogP) is 7.63. The van der Waals surface area contributed by atoms with Crippen LogP contribution in [0.15, 0.2) is 78.4 Å². The lowest BCUT2D eigenvalue weighted by Gasteiger charge is -2.32. The molecule has 3 nitrogen and oxygen atoms in total. The van der Waals surface area contributed by atoms with Crippen molar-refractivity contribution in [3.63, 3.8) is 0 Å². The topological polar surface area (TPSA) is 32.3 Å². The molecule has 0 unspecified atom stereocenters. The van der Waals surface area contributed by atoms with Crippen molar-refractivity contribution >= 4 is 6.79 Å². The molecule has 2 fully saturated rings. The lowest BCUT2D eigenvalue weighted by molar-refractivity contribution is -0.0979. The van der Waals surface area contributed by atoms with Gasteiger partial charge in [0.2, 0.25) is 0 Å². The summed E-state index contributed by atoms with van der Waals surface area (Å²) in [5.41, 5.74) is 5.91. The fourth-order valence-electron chi connectivity index (χ4n) is 5.19. The zero-order valence-electron chi connectivity index (χ0n) is 24.5. The second-order valence-corrected chi connectivity index (χ2v) is 11.1. The second kappa shape index (κ2) is 18.7. The van der Waals surface area contributed by atoms with Gasteiger partial charge in [-0.2, -0.15) is 0 Å². The van der Waals surface area contributed by atoms with Gasteiger partial charge in [0.1, 0.15) is 6.79 Å². The fraction of sp³-hybridized carbons (Fsp3) is 0.514. The van der Waals surface area contributed by atoms with Crippen molar-refractivity contribution in [1.82, 2.24) is 10.2 Å². The Morgan fingerprint density at radius 3 is 2.13 bits per heavy atom. The van der Waals surface area contributed by atoms with E-state index in [-0.39, 0.29) is 0 Å². The number of aryl methyl sites for hydroxylation is 2. The van der Waals surface area contributed by atoms with Crippen LogP contribution >= 0.6 is 0 Å². The summed E-state index contributed by atoms with van der Waals surface area (Å²) in [6.45, 7) is 16.8.